The second-order valence-electron chi connectivity index (χ2n) is 5.48. The minimum absolute atomic E-state index is 0.0590. The Labute approximate surface area is 141 Å². The second-order valence-corrected chi connectivity index (χ2v) is 7.21. The van der Waals surface area contributed by atoms with E-state index in [0.717, 1.165) is 0 Å². The van der Waals surface area contributed by atoms with Crippen molar-refractivity contribution in [3.05, 3.63) is 48.0 Å². The van der Waals surface area contributed by atoms with E-state index in [2.05, 4.69) is 4.72 Å². The lowest BCUT2D eigenvalue weighted by Gasteiger charge is -2.30. The molecule has 1 aliphatic rings. The molecule has 0 aliphatic carbocycles. The van der Waals surface area contributed by atoms with Gasteiger partial charge in [-0.2, -0.15) is 4.72 Å². The summed E-state index contributed by atoms with van der Waals surface area (Å²) in [6, 6.07) is 11.7. The van der Waals surface area contributed by atoms with Gasteiger partial charge < -0.3 is 9.64 Å². The van der Waals surface area contributed by atoms with E-state index in [0.29, 0.717) is 29.3 Å². The van der Waals surface area contributed by atoms with Crippen LogP contribution >= 0.6 is 0 Å². The Hall–Kier alpha value is -2.38. The molecule has 2 aromatic carbocycles. The number of ketones is 1. The van der Waals surface area contributed by atoms with Crippen molar-refractivity contribution in [1.82, 2.24) is 4.72 Å². The molecule has 0 atom stereocenters. The van der Waals surface area contributed by atoms with Crippen LogP contribution in [0.25, 0.3) is 0 Å². The van der Waals surface area contributed by atoms with E-state index in [1.54, 1.807) is 36.4 Å². The number of hydrogen-bond acceptors (Lipinski definition) is 5. The van der Waals surface area contributed by atoms with Gasteiger partial charge in [-0.3, -0.25) is 4.79 Å². The summed E-state index contributed by atoms with van der Waals surface area (Å²) >= 11 is 0. The van der Waals surface area contributed by atoms with Crippen LogP contribution in [0.3, 0.4) is 0 Å². The van der Waals surface area contributed by atoms with Crippen LogP contribution in [0.5, 0.6) is 11.5 Å². The zero-order valence-electron chi connectivity index (χ0n) is 13.4. The van der Waals surface area contributed by atoms with Crippen LogP contribution in [0.15, 0.2) is 47.4 Å². The fourth-order valence-electron chi connectivity index (χ4n) is 2.56. The molecule has 0 spiro atoms. The maximum atomic E-state index is 12.2. The van der Waals surface area contributed by atoms with Crippen molar-refractivity contribution >= 4 is 21.5 Å². The molecule has 0 bridgehead atoms. The first-order valence-corrected chi connectivity index (χ1v) is 9.06. The van der Waals surface area contributed by atoms with E-state index < -0.39 is 10.0 Å². The van der Waals surface area contributed by atoms with Crippen molar-refractivity contribution in [2.45, 2.75) is 18.7 Å². The third-order valence-corrected chi connectivity index (χ3v) is 5.28. The fourth-order valence-corrected chi connectivity index (χ4v) is 3.78. The van der Waals surface area contributed by atoms with Gasteiger partial charge in [0.25, 0.3) is 0 Å². The largest absolute Gasteiger partial charge is 0.457 e. The summed E-state index contributed by atoms with van der Waals surface area (Å²) in [6.07, 6.45) is 0. The number of nitrogens with zero attached hydrogens (tertiary/aromatic N) is 1. The minimum Gasteiger partial charge on any atom is -0.457 e. The predicted molar refractivity (Wildman–Crippen MR) is 91.2 cm³/mol. The number of sulfonamides is 1. The number of nitrogens with one attached hydrogen (secondary N) is 1. The summed E-state index contributed by atoms with van der Waals surface area (Å²) < 4.78 is 32.8. The summed E-state index contributed by atoms with van der Waals surface area (Å²) in [4.78, 5) is 13.6. The lowest BCUT2D eigenvalue weighted by molar-refractivity contribution is 0.101. The quantitative estimate of drug-likeness (QED) is 0.862. The molecule has 0 saturated carbocycles. The molecule has 24 heavy (non-hydrogen) atoms. The molecule has 6 nitrogen and oxygen atoms in total. The fraction of sp³-hybridized carbons (Fsp3) is 0.235. The highest BCUT2D eigenvalue weighted by atomic mass is 32.2. The normalized spacial score (nSPS) is 15.7. The summed E-state index contributed by atoms with van der Waals surface area (Å²) in [6.45, 7) is 4.39. The Bertz CT molecular complexity index is 893. The highest BCUT2D eigenvalue weighted by Gasteiger charge is 2.27. The first-order valence-electron chi connectivity index (χ1n) is 7.58. The number of Topliss-reactive ketones (excluding diaryl/α,β-unsaturated/α-hetero) is 1. The molecule has 0 fully saturated rings. The van der Waals surface area contributed by atoms with Crippen molar-refractivity contribution in [3.8, 4) is 11.5 Å². The molecule has 7 heteroatoms. The van der Waals surface area contributed by atoms with Gasteiger partial charge >= 0.3 is 0 Å². The molecule has 0 saturated heterocycles. The third-order valence-electron chi connectivity index (χ3n) is 3.86. The van der Waals surface area contributed by atoms with Crippen LogP contribution < -0.4 is 14.4 Å². The molecule has 126 valence electrons. The molecule has 3 rings (SSSR count). The van der Waals surface area contributed by atoms with Crippen LogP contribution in [0.2, 0.25) is 0 Å². The van der Waals surface area contributed by atoms with Crippen molar-refractivity contribution in [3.63, 3.8) is 0 Å². The van der Waals surface area contributed by atoms with E-state index in [1.165, 1.54) is 13.0 Å². The minimum atomic E-state index is -3.55. The maximum Gasteiger partial charge on any atom is 0.244 e. The van der Waals surface area contributed by atoms with Crippen LogP contribution in [-0.4, -0.2) is 27.4 Å². The molecule has 1 heterocycles. The van der Waals surface area contributed by atoms with Gasteiger partial charge in [-0.05, 0) is 38.1 Å². The van der Waals surface area contributed by atoms with E-state index in [9.17, 15) is 13.2 Å². The summed E-state index contributed by atoms with van der Waals surface area (Å²) in [5.74, 6) is 0.824. The Morgan fingerprint density at radius 2 is 1.96 bits per heavy atom. The van der Waals surface area contributed by atoms with Crippen molar-refractivity contribution in [2.24, 2.45) is 0 Å². The van der Waals surface area contributed by atoms with Gasteiger partial charge in [0.15, 0.2) is 5.78 Å². The number of ether oxygens (including phenoxy) is 1. The Balaban J connectivity index is 1.97. The highest BCUT2D eigenvalue weighted by molar-refractivity contribution is 7.89. The van der Waals surface area contributed by atoms with E-state index >= 15 is 0 Å². The van der Waals surface area contributed by atoms with E-state index in [1.807, 2.05) is 11.8 Å². The van der Waals surface area contributed by atoms with Gasteiger partial charge in [0.1, 0.15) is 16.4 Å². The van der Waals surface area contributed by atoms with Gasteiger partial charge in [0.05, 0.1) is 12.4 Å². The average molecular weight is 346 g/mol. The van der Waals surface area contributed by atoms with E-state index in [4.69, 9.17) is 4.74 Å². The number of carbonyl (C=O) groups excluding carboxylic acids is 1. The van der Waals surface area contributed by atoms with Gasteiger partial charge in [-0.25, -0.2) is 8.42 Å². The summed E-state index contributed by atoms with van der Waals surface area (Å²) in [7, 11) is -3.55. The summed E-state index contributed by atoms with van der Waals surface area (Å²) in [5.41, 5.74) is 1.19. The van der Waals surface area contributed by atoms with Crippen LogP contribution in [0, 0.1) is 0 Å². The SMILES string of the molecule is CCN1CNS(=O)(=O)c2cc(Oc3cccc(C(C)=O)c3)ccc21. The Morgan fingerprint density at radius 3 is 2.67 bits per heavy atom. The summed E-state index contributed by atoms with van der Waals surface area (Å²) in [5, 5.41) is 0. The number of hydrogen-bond donors (Lipinski definition) is 1. The highest BCUT2D eigenvalue weighted by Crippen LogP contribution is 2.33. The topological polar surface area (TPSA) is 75.7 Å². The molecule has 1 aliphatic heterocycles. The van der Waals surface area contributed by atoms with Crippen LogP contribution in [-0.2, 0) is 10.0 Å². The zero-order valence-corrected chi connectivity index (χ0v) is 14.3. The maximum absolute atomic E-state index is 12.2. The first kappa shape index (κ1) is 16.5. The average Bonchev–Trinajstić information content (AvgIpc) is 2.56. The monoisotopic (exact) mass is 346 g/mol. The predicted octanol–water partition coefficient (Wildman–Crippen LogP) is 2.76. The standard InChI is InChI=1S/C17H18N2O4S/c1-3-19-11-18-24(21,22)17-10-15(7-8-16(17)19)23-14-6-4-5-13(9-14)12(2)20/h4-10,18H,3,11H2,1-2H3. The molecule has 2 aromatic rings. The Morgan fingerprint density at radius 1 is 1.21 bits per heavy atom. The molecule has 0 radical (unpaired) electrons. The number of benzene rings is 2. The second kappa shape index (κ2) is 6.26. The third kappa shape index (κ3) is 3.13. The van der Waals surface area contributed by atoms with E-state index in [-0.39, 0.29) is 17.3 Å². The van der Waals surface area contributed by atoms with Gasteiger partial charge in [0.2, 0.25) is 10.0 Å². The zero-order chi connectivity index (χ0) is 17.3. The number of rotatable bonds is 4. The smallest absolute Gasteiger partial charge is 0.244 e. The first-order chi connectivity index (χ1) is 11.4. The molecular weight excluding hydrogens is 328 g/mol. The van der Waals surface area contributed by atoms with Crippen molar-refractivity contribution < 1.29 is 17.9 Å². The lowest BCUT2D eigenvalue weighted by atomic mass is 10.1. The molecule has 0 amide bonds. The molecule has 0 unspecified atom stereocenters. The van der Waals surface area contributed by atoms with Gasteiger partial charge in [-0.15, -0.1) is 0 Å². The van der Waals surface area contributed by atoms with Gasteiger partial charge in [0, 0.05) is 18.2 Å². The number of carbonyl (C=O) groups is 1. The van der Waals surface area contributed by atoms with Crippen LogP contribution in [0.4, 0.5) is 5.69 Å². The number of fused-ring (bicyclic) bond motifs is 1. The molecular formula is C17H18N2O4S. The van der Waals surface area contributed by atoms with Crippen molar-refractivity contribution in [2.75, 3.05) is 18.1 Å². The molecule has 0 aromatic heterocycles. The number of anilines is 1. The van der Waals surface area contributed by atoms with Crippen molar-refractivity contribution in [1.29, 1.82) is 0 Å². The lowest BCUT2D eigenvalue weighted by Crippen LogP contribution is -2.42. The van der Waals surface area contributed by atoms with Gasteiger partial charge in [-0.1, -0.05) is 12.1 Å². The molecule has 1 N–H and O–H groups in total. The Kier molecular flexibility index (Phi) is 4.29. The van der Waals surface area contributed by atoms with Crippen LogP contribution in [0.1, 0.15) is 24.2 Å².